The predicted octanol–water partition coefficient (Wildman–Crippen LogP) is 4.13. The second-order valence-corrected chi connectivity index (χ2v) is 7.05. The number of carbonyl (C=O) groups excluding carboxylic acids is 1. The number of rotatable bonds is 2. The first-order chi connectivity index (χ1) is 12.6. The molecule has 26 heavy (non-hydrogen) atoms. The van der Waals surface area contributed by atoms with Crippen LogP contribution in [0.2, 0.25) is 0 Å². The normalized spacial score (nSPS) is 16.8. The summed E-state index contributed by atoms with van der Waals surface area (Å²) in [5.41, 5.74) is 9.91. The zero-order chi connectivity index (χ0) is 17.8. The van der Waals surface area contributed by atoms with Crippen molar-refractivity contribution in [2.75, 3.05) is 5.73 Å². The van der Waals surface area contributed by atoms with Crippen LogP contribution < -0.4 is 5.73 Å². The summed E-state index contributed by atoms with van der Waals surface area (Å²) in [6, 6.07) is 12.5. The molecule has 5 heteroatoms. The Bertz CT molecular complexity index is 1060. The molecule has 1 aliphatic carbocycles. The van der Waals surface area contributed by atoms with Gasteiger partial charge in [-0.05, 0) is 25.3 Å². The summed E-state index contributed by atoms with van der Waals surface area (Å²) in [7, 11) is 0. The Morgan fingerprint density at radius 2 is 1.85 bits per heavy atom. The number of para-hydroxylation sites is 1. The fraction of sp³-hybridized carbons (Fsp3) is 0.238. The quantitative estimate of drug-likeness (QED) is 0.758. The predicted molar refractivity (Wildman–Crippen MR) is 99.1 cm³/mol. The van der Waals surface area contributed by atoms with Crippen molar-refractivity contribution in [3.05, 3.63) is 59.5 Å². The Kier molecular flexibility index (Phi) is 3.26. The number of pyridine rings is 1. The molecule has 2 aliphatic rings. The number of halogens is 1. The first-order valence-corrected chi connectivity index (χ1v) is 8.92. The number of nitrogen functional groups attached to an aromatic ring is 1. The lowest BCUT2D eigenvalue weighted by molar-refractivity contribution is 0.0606. The van der Waals surface area contributed by atoms with Crippen molar-refractivity contribution < 1.29 is 9.18 Å². The first-order valence-electron chi connectivity index (χ1n) is 8.92. The molecule has 4 nitrogen and oxygen atoms in total. The molecule has 0 bridgehead atoms. The molecule has 2 aromatic carbocycles. The minimum atomic E-state index is -0.298. The van der Waals surface area contributed by atoms with Crippen LogP contribution >= 0.6 is 0 Å². The van der Waals surface area contributed by atoms with E-state index in [2.05, 4.69) is 0 Å². The molecule has 0 unspecified atom stereocenters. The highest BCUT2D eigenvalue weighted by molar-refractivity contribution is 6.11. The molecule has 130 valence electrons. The van der Waals surface area contributed by atoms with Crippen molar-refractivity contribution in [2.45, 2.75) is 31.8 Å². The number of hydrogen-bond donors (Lipinski definition) is 1. The van der Waals surface area contributed by atoms with Gasteiger partial charge in [0, 0.05) is 22.6 Å². The number of nitrogens with two attached hydrogens (primary N) is 1. The first kappa shape index (κ1) is 15.3. The summed E-state index contributed by atoms with van der Waals surface area (Å²) >= 11 is 0. The lowest BCUT2D eigenvalue weighted by Gasteiger charge is -2.34. The molecule has 1 aliphatic heterocycles. The Morgan fingerprint density at radius 1 is 1.08 bits per heavy atom. The third-order valence-electron chi connectivity index (χ3n) is 5.61. The molecule has 1 aromatic heterocycles. The van der Waals surface area contributed by atoms with Gasteiger partial charge in [0.1, 0.15) is 5.82 Å². The monoisotopic (exact) mass is 347 g/mol. The van der Waals surface area contributed by atoms with Gasteiger partial charge >= 0.3 is 0 Å². The topological polar surface area (TPSA) is 59.2 Å². The molecular formula is C21H18FN3O. The molecule has 2 heterocycles. The van der Waals surface area contributed by atoms with Crippen LogP contribution in [0.15, 0.2) is 42.5 Å². The van der Waals surface area contributed by atoms with Crippen LogP contribution in [0, 0.1) is 5.82 Å². The summed E-state index contributed by atoms with van der Waals surface area (Å²) in [5.74, 6) is -0.319. The maximum atomic E-state index is 14.3. The van der Waals surface area contributed by atoms with E-state index in [4.69, 9.17) is 10.7 Å². The zero-order valence-corrected chi connectivity index (χ0v) is 14.2. The van der Waals surface area contributed by atoms with E-state index in [-0.39, 0.29) is 11.7 Å². The summed E-state index contributed by atoms with van der Waals surface area (Å²) in [5, 5.41) is 0.702. The minimum Gasteiger partial charge on any atom is -0.397 e. The highest BCUT2D eigenvalue weighted by atomic mass is 19.1. The summed E-state index contributed by atoms with van der Waals surface area (Å²) in [6.45, 7) is 0.491. The molecular weight excluding hydrogens is 329 g/mol. The number of anilines is 1. The van der Waals surface area contributed by atoms with Gasteiger partial charge in [0.05, 0.1) is 29.0 Å². The summed E-state index contributed by atoms with van der Waals surface area (Å²) in [6.07, 6.45) is 3.24. The van der Waals surface area contributed by atoms with Gasteiger partial charge in [0.2, 0.25) is 0 Å². The minimum absolute atomic E-state index is 0.0205. The molecule has 3 aromatic rings. The van der Waals surface area contributed by atoms with Crippen molar-refractivity contribution in [1.29, 1.82) is 0 Å². The molecule has 1 saturated carbocycles. The van der Waals surface area contributed by atoms with Gasteiger partial charge < -0.3 is 10.6 Å². The van der Waals surface area contributed by atoms with E-state index < -0.39 is 0 Å². The maximum absolute atomic E-state index is 14.3. The van der Waals surface area contributed by atoms with E-state index in [1.54, 1.807) is 18.2 Å². The molecule has 2 N–H and O–H groups in total. The molecule has 0 radical (unpaired) electrons. The van der Waals surface area contributed by atoms with Crippen molar-refractivity contribution >= 4 is 22.5 Å². The molecule has 0 spiro atoms. The van der Waals surface area contributed by atoms with Gasteiger partial charge in [0.15, 0.2) is 0 Å². The number of amides is 1. The Labute approximate surface area is 150 Å². The number of carbonyl (C=O) groups is 1. The van der Waals surface area contributed by atoms with Crippen LogP contribution in [0.1, 0.15) is 35.3 Å². The van der Waals surface area contributed by atoms with Crippen LogP contribution in [0.4, 0.5) is 10.1 Å². The zero-order valence-electron chi connectivity index (χ0n) is 14.2. The van der Waals surface area contributed by atoms with E-state index >= 15 is 0 Å². The fourth-order valence-corrected chi connectivity index (χ4v) is 3.98. The SMILES string of the molecule is Nc1c2c(nc3c(-c4ccccc4F)cccc13)CN(C1CCC1)C2=O. The lowest BCUT2D eigenvalue weighted by Crippen LogP contribution is -2.40. The average molecular weight is 347 g/mol. The molecule has 0 saturated heterocycles. The molecule has 5 rings (SSSR count). The van der Waals surface area contributed by atoms with Crippen molar-refractivity contribution in [3.8, 4) is 11.1 Å². The Morgan fingerprint density at radius 3 is 2.58 bits per heavy atom. The maximum Gasteiger partial charge on any atom is 0.258 e. The highest BCUT2D eigenvalue weighted by Crippen LogP contribution is 2.39. The van der Waals surface area contributed by atoms with E-state index in [1.807, 2.05) is 23.1 Å². The smallest absolute Gasteiger partial charge is 0.258 e. The number of aromatic nitrogens is 1. The second kappa shape index (κ2) is 5.53. The van der Waals surface area contributed by atoms with Crippen LogP contribution in [0.3, 0.4) is 0 Å². The summed E-state index contributed by atoms with van der Waals surface area (Å²) in [4.78, 5) is 19.5. The second-order valence-electron chi connectivity index (χ2n) is 7.05. The van der Waals surface area contributed by atoms with Crippen molar-refractivity contribution in [1.82, 2.24) is 9.88 Å². The average Bonchev–Trinajstić information content (AvgIpc) is 2.91. The molecule has 1 fully saturated rings. The molecule has 1 amide bonds. The summed E-state index contributed by atoms with van der Waals surface area (Å²) < 4.78 is 14.3. The van der Waals surface area contributed by atoms with Crippen LogP contribution in [0.25, 0.3) is 22.0 Å². The van der Waals surface area contributed by atoms with Gasteiger partial charge in [-0.25, -0.2) is 9.37 Å². The number of nitrogens with zero attached hydrogens (tertiary/aromatic N) is 2. The van der Waals surface area contributed by atoms with Crippen LogP contribution in [0.5, 0.6) is 0 Å². The van der Waals surface area contributed by atoms with Crippen LogP contribution in [-0.4, -0.2) is 21.8 Å². The standard InChI is InChI=1S/C21H18FN3O/c22-16-10-2-1-7-13(16)14-8-4-9-15-19(23)18-17(24-20(14)15)11-25(21(18)26)12-5-3-6-12/h1-2,4,7-10,12H,3,5-6,11H2,(H2,23,24). The van der Waals surface area contributed by atoms with E-state index in [0.29, 0.717) is 51.6 Å². The van der Waals surface area contributed by atoms with E-state index in [0.717, 1.165) is 19.3 Å². The Balaban J connectivity index is 1.72. The van der Waals surface area contributed by atoms with E-state index in [9.17, 15) is 9.18 Å². The lowest BCUT2D eigenvalue weighted by atomic mass is 9.92. The number of hydrogen-bond acceptors (Lipinski definition) is 3. The molecule has 0 atom stereocenters. The van der Waals surface area contributed by atoms with Crippen molar-refractivity contribution in [2.24, 2.45) is 0 Å². The van der Waals surface area contributed by atoms with Gasteiger partial charge in [-0.3, -0.25) is 4.79 Å². The number of fused-ring (bicyclic) bond motifs is 2. The highest BCUT2D eigenvalue weighted by Gasteiger charge is 2.38. The third kappa shape index (κ3) is 2.06. The van der Waals surface area contributed by atoms with Gasteiger partial charge in [-0.1, -0.05) is 36.4 Å². The third-order valence-corrected chi connectivity index (χ3v) is 5.61. The van der Waals surface area contributed by atoms with E-state index in [1.165, 1.54) is 6.07 Å². The van der Waals surface area contributed by atoms with Gasteiger partial charge in [-0.15, -0.1) is 0 Å². The largest absolute Gasteiger partial charge is 0.397 e. The van der Waals surface area contributed by atoms with Crippen molar-refractivity contribution in [3.63, 3.8) is 0 Å². The fourth-order valence-electron chi connectivity index (χ4n) is 3.98. The van der Waals surface area contributed by atoms with Crippen LogP contribution in [-0.2, 0) is 6.54 Å². The van der Waals surface area contributed by atoms with Gasteiger partial charge in [-0.2, -0.15) is 0 Å². The number of benzene rings is 2. The Hall–Kier alpha value is -2.95. The van der Waals surface area contributed by atoms with Gasteiger partial charge in [0.25, 0.3) is 5.91 Å².